The molecule has 0 N–H and O–H groups in total. The first-order valence-corrected chi connectivity index (χ1v) is 10.2. The van der Waals surface area contributed by atoms with Gasteiger partial charge in [0.25, 0.3) is 0 Å². The summed E-state index contributed by atoms with van der Waals surface area (Å²) in [5.74, 6) is 1.67. The molecule has 0 aromatic heterocycles. The van der Waals surface area contributed by atoms with Crippen molar-refractivity contribution >= 4 is 44.8 Å². The van der Waals surface area contributed by atoms with Crippen LogP contribution in [-0.4, -0.2) is 25.5 Å². The molecule has 0 saturated heterocycles. The van der Waals surface area contributed by atoms with Crippen molar-refractivity contribution in [1.82, 2.24) is 0 Å². The summed E-state index contributed by atoms with van der Waals surface area (Å²) in [6.07, 6.45) is 4.03. The van der Waals surface area contributed by atoms with Crippen molar-refractivity contribution in [2.75, 3.05) is 19.8 Å². The van der Waals surface area contributed by atoms with Crippen LogP contribution in [0.15, 0.2) is 26.3 Å². The molecule has 0 spiro atoms. The molecule has 0 radical (unpaired) electrons. The summed E-state index contributed by atoms with van der Waals surface area (Å²) in [4.78, 5) is 5.20. The second-order valence-electron chi connectivity index (χ2n) is 5.74. The smallest absolute Gasteiger partial charge is 0.134 e. The van der Waals surface area contributed by atoms with Crippen LogP contribution in [0.3, 0.4) is 0 Å². The molecule has 26 heavy (non-hydrogen) atoms. The quantitative estimate of drug-likeness (QED) is 0.213. The zero-order chi connectivity index (χ0) is 19.5. The largest absolute Gasteiger partial charge is 0.493 e. The van der Waals surface area contributed by atoms with Gasteiger partial charge < -0.3 is 14.3 Å². The lowest BCUT2D eigenvalue weighted by Gasteiger charge is -2.19. The zero-order valence-corrected chi connectivity index (χ0v) is 18.8. The first-order chi connectivity index (χ1) is 12.4. The molecular formula is C19H26BrCl2NO3. The highest BCUT2D eigenvalue weighted by molar-refractivity contribution is 9.10. The summed E-state index contributed by atoms with van der Waals surface area (Å²) in [6.45, 7) is 9.38. The van der Waals surface area contributed by atoms with Crippen molar-refractivity contribution in [2.45, 2.75) is 47.0 Å². The zero-order valence-electron chi connectivity index (χ0n) is 15.7. The molecule has 0 atom stereocenters. The Morgan fingerprint density at radius 1 is 1.15 bits per heavy atom. The molecule has 0 aliphatic rings. The average Bonchev–Trinajstić information content (AvgIpc) is 2.59. The summed E-state index contributed by atoms with van der Waals surface area (Å²) in [7, 11) is 0. The van der Waals surface area contributed by atoms with Crippen molar-refractivity contribution in [3.05, 3.63) is 32.2 Å². The minimum atomic E-state index is 0.192. The van der Waals surface area contributed by atoms with Crippen molar-refractivity contribution in [2.24, 2.45) is 5.16 Å². The third-order valence-corrected chi connectivity index (χ3v) is 4.61. The fraction of sp³-hybridized carbons (Fsp3) is 0.526. The highest BCUT2D eigenvalue weighted by Crippen LogP contribution is 2.39. The molecule has 1 rings (SSSR count). The maximum atomic E-state index is 6.07. The molecule has 0 amide bonds. The Morgan fingerprint density at radius 2 is 1.88 bits per heavy atom. The number of hydrogen-bond acceptors (Lipinski definition) is 4. The van der Waals surface area contributed by atoms with Gasteiger partial charge in [0.1, 0.15) is 29.2 Å². The molecule has 0 aliphatic carbocycles. The van der Waals surface area contributed by atoms with Crippen LogP contribution in [0.1, 0.15) is 45.2 Å². The van der Waals surface area contributed by atoms with Crippen molar-refractivity contribution in [1.29, 1.82) is 0 Å². The molecule has 146 valence electrons. The Bertz CT molecular complexity index is 640. The number of rotatable bonds is 11. The van der Waals surface area contributed by atoms with Gasteiger partial charge in [-0.05, 0) is 60.3 Å². The van der Waals surface area contributed by atoms with E-state index in [0.717, 1.165) is 52.1 Å². The molecular weight excluding hydrogens is 441 g/mol. The van der Waals surface area contributed by atoms with Crippen LogP contribution in [-0.2, 0) is 17.7 Å². The molecule has 0 heterocycles. The first kappa shape index (κ1) is 23.1. The molecule has 1 aromatic rings. The van der Waals surface area contributed by atoms with Crippen LogP contribution in [0.5, 0.6) is 11.5 Å². The van der Waals surface area contributed by atoms with Crippen LogP contribution < -0.4 is 9.47 Å². The van der Waals surface area contributed by atoms with Crippen LogP contribution in [0, 0.1) is 0 Å². The monoisotopic (exact) mass is 465 g/mol. The average molecular weight is 467 g/mol. The molecule has 7 heteroatoms. The Balaban J connectivity index is 2.85. The number of hydrogen-bond donors (Lipinski definition) is 0. The second-order valence-corrected chi connectivity index (χ2v) is 7.54. The molecule has 0 aliphatic heterocycles. The van der Waals surface area contributed by atoms with E-state index in [1.165, 1.54) is 0 Å². The summed E-state index contributed by atoms with van der Waals surface area (Å²) < 4.78 is 12.9. The van der Waals surface area contributed by atoms with Gasteiger partial charge in [-0.1, -0.05) is 42.2 Å². The van der Waals surface area contributed by atoms with Gasteiger partial charge in [0.15, 0.2) is 0 Å². The summed E-state index contributed by atoms with van der Waals surface area (Å²) >= 11 is 14.9. The number of halogens is 3. The molecule has 0 fully saturated rings. The van der Waals surface area contributed by atoms with E-state index in [1.807, 2.05) is 19.9 Å². The number of oxime groups is 1. The van der Waals surface area contributed by atoms with E-state index in [-0.39, 0.29) is 4.49 Å². The van der Waals surface area contributed by atoms with E-state index in [2.05, 4.69) is 34.9 Å². The standard InChI is InChI=1S/C19H26BrCl2NO3/c1-5-14-12-16(24-11-8-17(21)22)18(20)15(6-2)19(14)25-9-7-10-26-23-13(3)4/h8,12H,5-7,9-11H2,1-4H3. The second kappa shape index (κ2) is 12.5. The van der Waals surface area contributed by atoms with Crippen LogP contribution in [0.25, 0.3) is 0 Å². The Kier molecular flexibility index (Phi) is 11.1. The van der Waals surface area contributed by atoms with E-state index in [0.29, 0.717) is 19.8 Å². The van der Waals surface area contributed by atoms with Gasteiger partial charge in [0, 0.05) is 12.0 Å². The SMILES string of the molecule is CCc1cc(OCC=C(Cl)Cl)c(Br)c(CC)c1OCCCON=C(C)C. The van der Waals surface area contributed by atoms with Crippen molar-refractivity contribution < 1.29 is 14.3 Å². The fourth-order valence-corrected chi connectivity index (χ4v) is 3.07. The number of nitrogens with zero attached hydrogens (tertiary/aromatic N) is 1. The maximum absolute atomic E-state index is 6.07. The number of aryl methyl sites for hydroxylation is 1. The molecule has 0 saturated carbocycles. The minimum absolute atomic E-state index is 0.192. The Labute approximate surface area is 174 Å². The molecule has 1 aromatic carbocycles. The maximum Gasteiger partial charge on any atom is 0.134 e. The summed E-state index contributed by atoms with van der Waals surface area (Å²) in [5.41, 5.74) is 3.09. The minimum Gasteiger partial charge on any atom is -0.493 e. The third-order valence-electron chi connectivity index (χ3n) is 3.44. The van der Waals surface area contributed by atoms with Gasteiger partial charge in [-0.15, -0.1) is 0 Å². The van der Waals surface area contributed by atoms with Gasteiger partial charge in [-0.2, -0.15) is 0 Å². The molecule has 4 nitrogen and oxygen atoms in total. The fourth-order valence-electron chi connectivity index (χ4n) is 2.26. The highest BCUT2D eigenvalue weighted by atomic mass is 79.9. The van der Waals surface area contributed by atoms with Crippen molar-refractivity contribution in [3.63, 3.8) is 0 Å². The normalized spacial score (nSPS) is 10.3. The van der Waals surface area contributed by atoms with Gasteiger partial charge in [-0.25, -0.2) is 0 Å². The van der Waals surface area contributed by atoms with Crippen LogP contribution in [0.4, 0.5) is 0 Å². The van der Waals surface area contributed by atoms with E-state index < -0.39 is 0 Å². The predicted molar refractivity (Wildman–Crippen MR) is 113 cm³/mol. The predicted octanol–water partition coefficient (Wildman–Crippen LogP) is 6.45. The first-order valence-electron chi connectivity index (χ1n) is 8.64. The lowest BCUT2D eigenvalue weighted by molar-refractivity contribution is 0.127. The summed E-state index contributed by atoms with van der Waals surface area (Å²) in [5, 5.41) is 3.92. The number of benzene rings is 1. The topological polar surface area (TPSA) is 40.0 Å². The molecule has 0 unspecified atom stereocenters. The van der Waals surface area contributed by atoms with Gasteiger partial charge >= 0.3 is 0 Å². The number of ether oxygens (including phenoxy) is 2. The molecule has 0 bridgehead atoms. The van der Waals surface area contributed by atoms with E-state index in [9.17, 15) is 0 Å². The summed E-state index contributed by atoms with van der Waals surface area (Å²) in [6, 6.07) is 2.00. The lowest BCUT2D eigenvalue weighted by atomic mass is 10.0. The van der Waals surface area contributed by atoms with Crippen LogP contribution >= 0.6 is 39.1 Å². The highest BCUT2D eigenvalue weighted by Gasteiger charge is 2.17. The van der Waals surface area contributed by atoms with Crippen LogP contribution in [0.2, 0.25) is 0 Å². The Morgan fingerprint density at radius 3 is 2.46 bits per heavy atom. The van der Waals surface area contributed by atoms with E-state index in [4.69, 9.17) is 37.5 Å². The van der Waals surface area contributed by atoms with Gasteiger partial charge in [-0.3, -0.25) is 0 Å². The van der Waals surface area contributed by atoms with Crippen molar-refractivity contribution in [3.8, 4) is 11.5 Å². The van der Waals surface area contributed by atoms with E-state index >= 15 is 0 Å². The van der Waals surface area contributed by atoms with E-state index in [1.54, 1.807) is 6.08 Å². The lowest BCUT2D eigenvalue weighted by Crippen LogP contribution is -2.07. The third kappa shape index (κ3) is 7.77. The Hall–Kier alpha value is -0.910. The van der Waals surface area contributed by atoms with Gasteiger partial charge in [0.05, 0.1) is 16.8 Å². The van der Waals surface area contributed by atoms with Gasteiger partial charge in [0.2, 0.25) is 0 Å².